The lowest BCUT2D eigenvalue weighted by Gasteiger charge is -2.29. The third-order valence-electron chi connectivity index (χ3n) is 6.32. The molecule has 3 aromatic rings. The van der Waals surface area contributed by atoms with Crippen LogP contribution in [0.5, 0.6) is 0 Å². The van der Waals surface area contributed by atoms with Crippen molar-refractivity contribution in [2.24, 2.45) is 0 Å². The Bertz CT molecular complexity index is 1340. The molecular weight excluding hydrogens is 580 g/mol. The average molecular weight is 613 g/mol. The van der Waals surface area contributed by atoms with Gasteiger partial charge in [0.2, 0.25) is 0 Å². The summed E-state index contributed by atoms with van der Waals surface area (Å²) in [6.07, 6.45) is -4.58. The number of aliphatic hydroxyl groups is 1. The molecule has 0 aliphatic rings. The number of benzene rings is 3. The van der Waals surface area contributed by atoms with Gasteiger partial charge in [0.1, 0.15) is 5.82 Å². The summed E-state index contributed by atoms with van der Waals surface area (Å²) >= 11 is 6.84. The highest BCUT2D eigenvalue weighted by Gasteiger charge is 2.31. The van der Waals surface area contributed by atoms with Crippen LogP contribution in [-0.2, 0) is 23.8 Å². The van der Waals surface area contributed by atoms with Gasteiger partial charge in [0.25, 0.3) is 0 Å². The molecule has 3 rings (SSSR count). The second-order valence-electron chi connectivity index (χ2n) is 10.6. The largest absolute Gasteiger partial charge is 0.481 e. The van der Waals surface area contributed by atoms with Crippen molar-refractivity contribution in [2.45, 2.75) is 55.8 Å². The molecule has 0 saturated carbocycles. The summed E-state index contributed by atoms with van der Waals surface area (Å²) in [5.74, 6) is -1.42. The van der Waals surface area contributed by atoms with Gasteiger partial charge < -0.3 is 15.5 Å². The molecule has 0 bridgehead atoms. The van der Waals surface area contributed by atoms with Gasteiger partial charge in [-0.1, -0.05) is 41.9 Å². The molecule has 0 aliphatic carbocycles. The first-order valence-corrected chi connectivity index (χ1v) is 14.1. The molecule has 222 valence electrons. The number of aryl methyl sites for hydroxylation is 1. The summed E-state index contributed by atoms with van der Waals surface area (Å²) in [6, 6.07) is 15.2. The number of carboxylic acid groups (broad SMARTS) is 1. The maximum Gasteiger partial charge on any atom is 0.416 e. The highest BCUT2D eigenvalue weighted by atomic mass is 35.5. The molecule has 3 N–H and O–H groups in total. The molecule has 0 spiro atoms. The first kappa shape index (κ1) is 32.9. The first-order valence-electron chi connectivity index (χ1n) is 12.9. The SMILES string of the molecule is CN(C[C@H](O)CNC(C)(C)Cc1ccc(Cl)c(F)c1)Sc1cc(-c2ccc(CCC(=O)O)cc2)cc(C(F)(F)F)c1. The van der Waals surface area contributed by atoms with Crippen LogP contribution in [0, 0.1) is 5.82 Å². The molecule has 0 unspecified atom stereocenters. The van der Waals surface area contributed by atoms with Gasteiger partial charge >= 0.3 is 12.1 Å². The van der Waals surface area contributed by atoms with Crippen molar-refractivity contribution < 1.29 is 32.6 Å². The Morgan fingerprint density at radius 1 is 1.02 bits per heavy atom. The fraction of sp³-hybridized carbons (Fsp3) is 0.367. The average Bonchev–Trinajstić information content (AvgIpc) is 2.88. The normalized spacial score (nSPS) is 13.0. The smallest absolute Gasteiger partial charge is 0.416 e. The van der Waals surface area contributed by atoms with Gasteiger partial charge in [0.05, 0.1) is 16.7 Å². The predicted molar refractivity (Wildman–Crippen MR) is 155 cm³/mol. The zero-order chi connectivity index (χ0) is 30.4. The van der Waals surface area contributed by atoms with Crippen LogP contribution in [0.4, 0.5) is 17.6 Å². The molecule has 0 aromatic heterocycles. The number of alkyl halides is 3. The van der Waals surface area contributed by atoms with E-state index in [9.17, 15) is 27.5 Å². The van der Waals surface area contributed by atoms with Crippen LogP contribution in [0.2, 0.25) is 5.02 Å². The topological polar surface area (TPSA) is 72.8 Å². The van der Waals surface area contributed by atoms with Crippen LogP contribution in [0.3, 0.4) is 0 Å². The third kappa shape index (κ3) is 10.6. The van der Waals surface area contributed by atoms with E-state index < -0.39 is 35.2 Å². The minimum absolute atomic E-state index is 0.0305. The van der Waals surface area contributed by atoms with Crippen molar-refractivity contribution in [2.75, 3.05) is 20.1 Å². The standard InChI is InChI=1S/C30H33ClF4N2O3S/c1-29(2,16-20-6-10-26(31)27(32)12-20)36-17-24(38)18-37(3)41-25-14-22(13-23(15-25)30(33,34)35)21-8-4-19(5-9-21)7-11-28(39)40/h4-6,8-10,12-15,24,36,38H,7,11,16-18H2,1-3H3,(H,39,40)/t24-/m1/s1. The van der Waals surface area contributed by atoms with E-state index in [1.807, 2.05) is 13.8 Å². The zero-order valence-corrected chi connectivity index (χ0v) is 24.5. The number of β-amino-alcohol motifs (C(OH)–C–C–N with tert-alkyl or cyclic N) is 1. The Morgan fingerprint density at radius 3 is 2.29 bits per heavy atom. The molecule has 0 heterocycles. The molecule has 5 nitrogen and oxygen atoms in total. The number of carbonyl (C=O) groups is 1. The molecule has 1 atom stereocenters. The number of nitrogens with zero attached hydrogens (tertiary/aromatic N) is 1. The van der Waals surface area contributed by atoms with Crippen LogP contribution < -0.4 is 5.32 Å². The number of aliphatic hydroxyl groups excluding tert-OH is 1. The molecule has 0 fully saturated rings. The fourth-order valence-corrected chi connectivity index (χ4v) is 5.38. The maximum atomic E-state index is 13.8. The van der Waals surface area contributed by atoms with E-state index in [2.05, 4.69) is 5.32 Å². The molecule has 0 amide bonds. The third-order valence-corrected chi connectivity index (χ3v) is 7.54. The quantitative estimate of drug-likeness (QED) is 0.141. The second kappa shape index (κ2) is 14.0. The summed E-state index contributed by atoms with van der Waals surface area (Å²) < 4.78 is 56.6. The van der Waals surface area contributed by atoms with E-state index in [1.54, 1.807) is 47.8 Å². The molecule has 11 heteroatoms. The fourth-order valence-electron chi connectivity index (χ4n) is 4.29. The Kier molecular flexibility index (Phi) is 11.2. The van der Waals surface area contributed by atoms with Gasteiger partial charge in [-0.2, -0.15) is 13.2 Å². The van der Waals surface area contributed by atoms with Crippen LogP contribution in [0.25, 0.3) is 11.1 Å². The number of likely N-dealkylation sites (N-methyl/N-ethyl adjacent to an activating group) is 1. The number of hydrogen-bond donors (Lipinski definition) is 3. The molecule has 0 radical (unpaired) electrons. The van der Waals surface area contributed by atoms with Gasteiger partial charge in [0.15, 0.2) is 0 Å². The Labute approximate surface area is 246 Å². The van der Waals surface area contributed by atoms with Gasteiger partial charge in [-0.25, -0.2) is 8.70 Å². The minimum Gasteiger partial charge on any atom is -0.481 e. The molecule has 3 aromatic carbocycles. The lowest BCUT2D eigenvalue weighted by atomic mass is 9.94. The lowest BCUT2D eigenvalue weighted by Crippen LogP contribution is -2.46. The van der Waals surface area contributed by atoms with Crippen molar-refractivity contribution in [3.8, 4) is 11.1 Å². The number of nitrogens with one attached hydrogen (secondary N) is 1. The van der Waals surface area contributed by atoms with E-state index in [1.165, 1.54) is 12.1 Å². The second-order valence-corrected chi connectivity index (χ2v) is 12.3. The lowest BCUT2D eigenvalue weighted by molar-refractivity contribution is -0.138. The molecule has 0 aliphatic heterocycles. The summed E-state index contributed by atoms with van der Waals surface area (Å²) in [6.45, 7) is 4.24. The van der Waals surface area contributed by atoms with Crippen molar-refractivity contribution >= 4 is 29.5 Å². The van der Waals surface area contributed by atoms with Crippen LogP contribution in [0.1, 0.15) is 37.0 Å². The molecule has 0 saturated heterocycles. The van der Waals surface area contributed by atoms with Crippen molar-refractivity contribution in [3.05, 3.63) is 88.2 Å². The number of carboxylic acids is 1. The molecule has 41 heavy (non-hydrogen) atoms. The Balaban J connectivity index is 1.64. The highest BCUT2D eigenvalue weighted by molar-refractivity contribution is 7.97. The predicted octanol–water partition coefficient (Wildman–Crippen LogP) is 7.09. The van der Waals surface area contributed by atoms with Crippen molar-refractivity contribution in [1.29, 1.82) is 0 Å². The van der Waals surface area contributed by atoms with E-state index in [-0.39, 0.29) is 24.5 Å². The summed E-state index contributed by atoms with van der Waals surface area (Å²) in [5, 5.41) is 22.8. The monoisotopic (exact) mass is 612 g/mol. The number of rotatable bonds is 13. The van der Waals surface area contributed by atoms with Crippen LogP contribution in [-0.4, -0.2) is 52.3 Å². The zero-order valence-electron chi connectivity index (χ0n) is 22.9. The summed E-state index contributed by atoms with van der Waals surface area (Å²) in [5.41, 5.74) is 1.23. The summed E-state index contributed by atoms with van der Waals surface area (Å²) in [4.78, 5) is 11.2. The maximum absolute atomic E-state index is 13.8. The number of halogens is 5. The van der Waals surface area contributed by atoms with Crippen LogP contribution in [0.15, 0.2) is 65.6 Å². The van der Waals surface area contributed by atoms with Gasteiger partial charge in [0, 0.05) is 29.9 Å². The number of hydrogen-bond acceptors (Lipinski definition) is 5. The molecular formula is C30H33ClF4N2O3S. The summed E-state index contributed by atoms with van der Waals surface area (Å²) in [7, 11) is 1.69. The Hall–Kier alpha value is -2.63. The first-order chi connectivity index (χ1) is 19.1. The van der Waals surface area contributed by atoms with Crippen molar-refractivity contribution in [3.63, 3.8) is 0 Å². The van der Waals surface area contributed by atoms with E-state index >= 15 is 0 Å². The van der Waals surface area contributed by atoms with Gasteiger partial charge in [-0.15, -0.1) is 0 Å². The van der Waals surface area contributed by atoms with Crippen molar-refractivity contribution in [1.82, 2.24) is 9.62 Å². The Morgan fingerprint density at radius 2 is 1.68 bits per heavy atom. The highest BCUT2D eigenvalue weighted by Crippen LogP contribution is 2.37. The van der Waals surface area contributed by atoms with Gasteiger partial charge in [-0.05, 0) is 98.3 Å². The van der Waals surface area contributed by atoms with E-state index in [0.29, 0.717) is 28.9 Å². The van der Waals surface area contributed by atoms with E-state index in [4.69, 9.17) is 16.7 Å². The minimum atomic E-state index is -4.55. The number of aliphatic carboxylic acids is 1. The van der Waals surface area contributed by atoms with Gasteiger partial charge in [-0.3, -0.25) is 4.79 Å². The van der Waals surface area contributed by atoms with E-state index in [0.717, 1.165) is 35.2 Å². The van der Waals surface area contributed by atoms with Crippen LogP contribution >= 0.6 is 23.5 Å².